The minimum absolute atomic E-state index is 0.0866. The van der Waals surface area contributed by atoms with Crippen LogP contribution in [0.3, 0.4) is 0 Å². The Morgan fingerprint density at radius 2 is 1.54 bits per heavy atom. The van der Waals surface area contributed by atoms with E-state index in [2.05, 4.69) is 0 Å². The summed E-state index contributed by atoms with van der Waals surface area (Å²) >= 11 is 16.7. The van der Waals surface area contributed by atoms with Gasteiger partial charge in [0.05, 0.1) is 5.03 Å². The van der Waals surface area contributed by atoms with Crippen LogP contribution in [0.4, 0.5) is 0 Å². The average molecular weight is 263 g/mol. The molecule has 13 heavy (non-hydrogen) atoms. The minimum Gasteiger partial charge on any atom is -0.393 e. The van der Waals surface area contributed by atoms with E-state index in [1.54, 1.807) is 0 Å². The van der Waals surface area contributed by atoms with E-state index in [0.717, 1.165) is 0 Å². The molecule has 0 amide bonds. The van der Waals surface area contributed by atoms with Crippen molar-refractivity contribution in [1.82, 2.24) is 0 Å². The fourth-order valence-corrected chi connectivity index (χ4v) is 2.71. The molecule has 0 aromatic carbocycles. The Balaban J connectivity index is 4.01. The highest BCUT2D eigenvalue weighted by Gasteiger charge is 2.17. The van der Waals surface area contributed by atoms with E-state index >= 15 is 0 Å². The normalized spacial score (nSPS) is 10.6. The molecule has 0 aliphatic carbocycles. The molecule has 6 heteroatoms. The van der Waals surface area contributed by atoms with Crippen LogP contribution >= 0.6 is 34.8 Å². The highest BCUT2D eigenvalue weighted by molar-refractivity contribution is 6.61. The lowest BCUT2D eigenvalue weighted by atomic mass is 10.7. The number of allylic oxidation sites excluding steroid dienone is 1. The van der Waals surface area contributed by atoms with Gasteiger partial charge in [0.1, 0.15) is 4.49 Å². The Labute approximate surface area is 95.6 Å². The van der Waals surface area contributed by atoms with Crippen LogP contribution in [-0.4, -0.2) is 22.5 Å². The maximum atomic E-state index is 5.76. The first-order valence-electron chi connectivity index (χ1n) is 3.92. The monoisotopic (exact) mass is 261 g/mol. The summed E-state index contributed by atoms with van der Waals surface area (Å²) in [6.07, 6.45) is 0. The number of halogens is 3. The fourth-order valence-electron chi connectivity index (χ4n) is 0.659. The van der Waals surface area contributed by atoms with Crippen molar-refractivity contribution in [3.05, 3.63) is 9.52 Å². The molecule has 0 fully saturated rings. The van der Waals surface area contributed by atoms with Crippen LogP contribution in [0.5, 0.6) is 0 Å². The van der Waals surface area contributed by atoms with Crippen molar-refractivity contribution in [3.8, 4) is 0 Å². The summed E-state index contributed by atoms with van der Waals surface area (Å²) < 4.78 is 10.8. The molecule has 0 heterocycles. The van der Waals surface area contributed by atoms with Crippen molar-refractivity contribution in [2.24, 2.45) is 0 Å². The van der Waals surface area contributed by atoms with Crippen LogP contribution in [0.25, 0.3) is 0 Å². The van der Waals surface area contributed by atoms with E-state index in [9.17, 15) is 0 Å². The molecule has 0 N–H and O–H groups in total. The summed E-state index contributed by atoms with van der Waals surface area (Å²) in [4.78, 5) is 0. The SMILES string of the molecule is CCO[Si](CC(Cl)=C(Cl)Cl)OCC. The largest absolute Gasteiger partial charge is 0.393 e. The molecule has 0 rings (SSSR count). The smallest absolute Gasteiger partial charge is 0.390 e. The van der Waals surface area contributed by atoms with Gasteiger partial charge >= 0.3 is 9.28 Å². The van der Waals surface area contributed by atoms with E-state index in [4.69, 9.17) is 43.7 Å². The molecule has 0 unspecified atom stereocenters. The average Bonchev–Trinajstić information content (AvgIpc) is 2.05. The number of hydrogen-bond donors (Lipinski definition) is 0. The summed E-state index contributed by atoms with van der Waals surface area (Å²) in [6.45, 7) is 5.03. The molecule has 0 saturated heterocycles. The Hall–Kier alpha value is 0.747. The molecule has 0 aliphatic heterocycles. The third-order valence-electron chi connectivity index (χ3n) is 1.12. The van der Waals surface area contributed by atoms with Crippen LogP contribution in [0.15, 0.2) is 9.52 Å². The van der Waals surface area contributed by atoms with Gasteiger partial charge in [-0.25, -0.2) is 0 Å². The van der Waals surface area contributed by atoms with Gasteiger partial charge in [-0.15, -0.1) is 0 Å². The molecule has 0 aromatic rings. The third-order valence-corrected chi connectivity index (χ3v) is 4.18. The molecular formula is C7H12Cl3O2Si. The summed E-state index contributed by atoms with van der Waals surface area (Å²) in [7, 11) is -1.35. The quantitative estimate of drug-likeness (QED) is 0.683. The van der Waals surface area contributed by atoms with Crippen molar-refractivity contribution in [2.75, 3.05) is 13.2 Å². The second kappa shape index (κ2) is 8.09. The molecule has 0 aromatic heterocycles. The molecular weight excluding hydrogens is 251 g/mol. The van der Waals surface area contributed by atoms with Gasteiger partial charge in [-0.1, -0.05) is 34.8 Å². The summed E-state index contributed by atoms with van der Waals surface area (Å²) in [5, 5.41) is 0.402. The molecule has 0 atom stereocenters. The zero-order chi connectivity index (χ0) is 10.3. The summed E-state index contributed by atoms with van der Waals surface area (Å²) in [5.41, 5.74) is 0. The second-order valence-electron chi connectivity index (χ2n) is 2.08. The van der Waals surface area contributed by atoms with E-state index in [1.807, 2.05) is 13.8 Å². The molecule has 0 saturated carbocycles. The lowest BCUT2D eigenvalue weighted by molar-refractivity contribution is 0.216. The van der Waals surface area contributed by atoms with Crippen LogP contribution in [0.1, 0.15) is 13.8 Å². The van der Waals surface area contributed by atoms with Crippen LogP contribution in [0, 0.1) is 0 Å². The first-order valence-corrected chi connectivity index (χ1v) is 6.58. The van der Waals surface area contributed by atoms with Gasteiger partial charge < -0.3 is 8.85 Å². The number of rotatable bonds is 6. The van der Waals surface area contributed by atoms with E-state index in [1.165, 1.54) is 0 Å². The molecule has 77 valence electrons. The standard InChI is InChI=1S/C7H12Cl3O2Si/c1-3-11-13(12-4-2)5-6(8)7(9)10/h3-5H2,1-2H3. The van der Waals surface area contributed by atoms with Gasteiger partial charge in [-0.3, -0.25) is 0 Å². The van der Waals surface area contributed by atoms with Gasteiger partial charge in [0, 0.05) is 19.3 Å². The van der Waals surface area contributed by atoms with Gasteiger partial charge in [0.25, 0.3) is 0 Å². The molecule has 0 spiro atoms. The Morgan fingerprint density at radius 3 is 1.85 bits per heavy atom. The zero-order valence-electron chi connectivity index (χ0n) is 7.57. The maximum absolute atomic E-state index is 5.76. The third kappa shape index (κ3) is 6.77. The Bertz CT molecular complexity index is 165. The van der Waals surface area contributed by atoms with Gasteiger partial charge in [0.2, 0.25) is 0 Å². The molecule has 2 nitrogen and oxygen atoms in total. The van der Waals surface area contributed by atoms with Gasteiger partial charge in [0.15, 0.2) is 0 Å². The highest BCUT2D eigenvalue weighted by atomic mass is 35.5. The van der Waals surface area contributed by atoms with Gasteiger partial charge in [-0.05, 0) is 13.8 Å². The highest BCUT2D eigenvalue weighted by Crippen LogP contribution is 2.23. The first kappa shape index (κ1) is 13.7. The van der Waals surface area contributed by atoms with E-state index in [0.29, 0.717) is 24.3 Å². The zero-order valence-corrected chi connectivity index (χ0v) is 10.8. The first-order chi connectivity index (χ1) is 6.11. The van der Waals surface area contributed by atoms with Crippen LogP contribution in [0.2, 0.25) is 6.04 Å². The van der Waals surface area contributed by atoms with Crippen molar-refractivity contribution >= 4 is 44.1 Å². The molecule has 1 radical (unpaired) electrons. The summed E-state index contributed by atoms with van der Waals surface area (Å²) in [5.74, 6) is 0. The van der Waals surface area contributed by atoms with Crippen LogP contribution in [-0.2, 0) is 8.85 Å². The van der Waals surface area contributed by atoms with Crippen molar-refractivity contribution in [1.29, 1.82) is 0 Å². The predicted molar refractivity (Wildman–Crippen MR) is 58.4 cm³/mol. The Kier molecular flexibility index (Phi) is 8.55. The Morgan fingerprint density at radius 1 is 1.08 bits per heavy atom. The van der Waals surface area contributed by atoms with Crippen molar-refractivity contribution < 1.29 is 8.85 Å². The maximum Gasteiger partial charge on any atom is 0.390 e. The predicted octanol–water partition coefficient (Wildman–Crippen LogP) is 3.43. The fraction of sp³-hybridized carbons (Fsp3) is 0.714. The lowest BCUT2D eigenvalue weighted by Gasteiger charge is -2.12. The van der Waals surface area contributed by atoms with Crippen molar-refractivity contribution in [2.45, 2.75) is 19.9 Å². The molecule has 0 aliphatic rings. The second-order valence-corrected chi connectivity index (χ2v) is 5.16. The molecule has 0 bridgehead atoms. The van der Waals surface area contributed by atoms with Crippen LogP contribution < -0.4 is 0 Å². The van der Waals surface area contributed by atoms with Crippen molar-refractivity contribution in [3.63, 3.8) is 0 Å². The number of hydrogen-bond acceptors (Lipinski definition) is 2. The van der Waals surface area contributed by atoms with E-state index in [-0.39, 0.29) is 4.49 Å². The minimum atomic E-state index is -1.35. The van der Waals surface area contributed by atoms with E-state index < -0.39 is 9.28 Å². The lowest BCUT2D eigenvalue weighted by Crippen LogP contribution is -2.22. The summed E-state index contributed by atoms with van der Waals surface area (Å²) in [6, 6.07) is 0.482. The topological polar surface area (TPSA) is 18.5 Å². The van der Waals surface area contributed by atoms with Gasteiger partial charge in [-0.2, -0.15) is 0 Å².